The number of aromatic nitrogens is 2. The van der Waals surface area contributed by atoms with Gasteiger partial charge >= 0.3 is 0 Å². The zero-order valence-electron chi connectivity index (χ0n) is 18.9. The first-order valence-corrected chi connectivity index (χ1v) is 11.1. The molecule has 5 heteroatoms. The number of hydrogen-bond acceptors (Lipinski definition) is 4. The quantitative estimate of drug-likeness (QED) is 0.530. The predicted molar refractivity (Wildman–Crippen MR) is 124 cm³/mol. The van der Waals surface area contributed by atoms with E-state index in [1.165, 1.54) is 35.5 Å². The maximum absolute atomic E-state index is 5.64. The number of hydrogen-bond donors (Lipinski definition) is 0. The van der Waals surface area contributed by atoms with E-state index in [2.05, 4.69) is 52.8 Å². The monoisotopic (exact) mass is 419 g/mol. The summed E-state index contributed by atoms with van der Waals surface area (Å²) in [6.45, 7) is 6.13. The predicted octanol–water partition coefficient (Wildman–Crippen LogP) is 4.71. The molecular formula is C26H33N3O2. The summed E-state index contributed by atoms with van der Waals surface area (Å²) in [7, 11) is 3.41. The van der Waals surface area contributed by atoms with Crippen molar-refractivity contribution >= 4 is 0 Å². The van der Waals surface area contributed by atoms with Crippen molar-refractivity contribution in [2.45, 2.75) is 39.3 Å². The number of imidazole rings is 1. The van der Waals surface area contributed by atoms with Gasteiger partial charge < -0.3 is 14.0 Å². The second kappa shape index (κ2) is 10.0. The third kappa shape index (κ3) is 5.10. The van der Waals surface area contributed by atoms with Crippen molar-refractivity contribution in [2.24, 2.45) is 5.92 Å². The zero-order valence-corrected chi connectivity index (χ0v) is 18.9. The highest BCUT2D eigenvalue weighted by Crippen LogP contribution is 2.32. The molecule has 1 fully saturated rings. The largest absolute Gasteiger partial charge is 0.493 e. The lowest BCUT2D eigenvalue weighted by Crippen LogP contribution is -2.36. The average molecular weight is 420 g/mol. The van der Waals surface area contributed by atoms with Gasteiger partial charge in [0.25, 0.3) is 0 Å². The Bertz CT molecular complexity index is 984. The van der Waals surface area contributed by atoms with Crippen LogP contribution < -0.4 is 9.47 Å². The molecule has 1 aliphatic rings. The highest BCUT2D eigenvalue weighted by Gasteiger charge is 2.23. The Morgan fingerprint density at radius 2 is 1.84 bits per heavy atom. The second-order valence-electron chi connectivity index (χ2n) is 8.49. The number of rotatable bonds is 8. The van der Waals surface area contributed by atoms with Crippen molar-refractivity contribution in [3.05, 3.63) is 77.4 Å². The van der Waals surface area contributed by atoms with E-state index in [-0.39, 0.29) is 0 Å². The molecule has 0 bridgehead atoms. The number of para-hydroxylation sites is 1. The molecule has 5 nitrogen and oxygen atoms in total. The number of ether oxygens (including phenoxy) is 2. The lowest BCUT2D eigenvalue weighted by atomic mass is 9.94. The second-order valence-corrected chi connectivity index (χ2v) is 8.49. The van der Waals surface area contributed by atoms with Crippen molar-refractivity contribution < 1.29 is 9.47 Å². The number of nitrogens with zero attached hydrogens (tertiary/aromatic N) is 3. The molecule has 2 heterocycles. The number of aryl methyl sites for hydroxylation is 1. The van der Waals surface area contributed by atoms with E-state index in [4.69, 9.17) is 14.5 Å². The fourth-order valence-electron chi connectivity index (χ4n) is 4.69. The number of methoxy groups -OCH3 is 2. The van der Waals surface area contributed by atoms with Crippen LogP contribution in [0, 0.1) is 12.8 Å². The molecule has 0 amide bonds. The smallest absolute Gasteiger partial charge is 0.165 e. The average Bonchev–Trinajstić information content (AvgIpc) is 3.13. The van der Waals surface area contributed by atoms with Crippen LogP contribution in [-0.2, 0) is 19.5 Å². The summed E-state index contributed by atoms with van der Waals surface area (Å²) in [5, 5.41) is 0. The summed E-state index contributed by atoms with van der Waals surface area (Å²) in [5.41, 5.74) is 3.73. The fraction of sp³-hybridized carbons (Fsp3) is 0.423. The minimum atomic E-state index is 0.613. The van der Waals surface area contributed by atoms with Gasteiger partial charge in [0.15, 0.2) is 11.5 Å². The summed E-state index contributed by atoms with van der Waals surface area (Å²) in [6.07, 6.45) is 5.50. The molecule has 3 aromatic rings. The molecule has 1 aliphatic heterocycles. The standard InChI is InChI=1S/C26H33N3O2/c1-20-16-27-25(29(20)18-21-9-5-4-6-10-21)15-22-11-8-14-28(17-22)19-23-12-7-13-24(30-2)26(23)31-3/h4-7,9-10,12-13,16,22H,8,11,14-15,17-19H2,1-3H3. The molecule has 1 aromatic heterocycles. The van der Waals surface area contributed by atoms with Crippen LogP contribution in [-0.4, -0.2) is 41.8 Å². The van der Waals surface area contributed by atoms with Crippen LogP contribution in [0.5, 0.6) is 11.5 Å². The third-order valence-corrected chi connectivity index (χ3v) is 6.27. The third-order valence-electron chi connectivity index (χ3n) is 6.27. The Hall–Kier alpha value is -2.79. The molecule has 164 valence electrons. The van der Waals surface area contributed by atoms with Crippen LogP contribution in [0.2, 0.25) is 0 Å². The number of piperidine rings is 1. The van der Waals surface area contributed by atoms with Gasteiger partial charge in [-0.1, -0.05) is 42.5 Å². The maximum Gasteiger partial charge on any atom is 0.165 e. The van der Waals surface area contributed by atoms with Crippen LogP contribution in [0.15, 0.2) is 54.7 Å². The van der Waals surface area contributed by atoms with Crippen molar-refractivity contribution in [1.29, 1.82) is 0 Å². The maximum atomic E-state index is 5.64. The summed E-state index contributed by atoms with van der Waals surface area (Å²) >= 11 is 0. The van der Waals surface area contributed by atoms with Crippen molar-refractivity contribution in [2.75, 3.05) is 27.3 Å². The minimum absolute atomic E-state index is 0.613. The van der Waals surface area contributed by atoms with Gasteiger partial charge in [0.05, 0.1) is 14.2 Å². The number of likely N-dealkylation sites (tertiary alicyclic amines) is 1. The van der Waals surface area contributed by atoms with Gasteiger partial charge in [0.2, 0.25) is 0 Å². The number of benzene rings is 2. The molecule has 0 saturated carbocycles. The van der Waals surface area contributed by atoms with Crippen molar-refractivity contribution in [3.8, 4) is 11.5 Å². The van der Waals surface area contributed by atoms with Crippen LogP contribution in [0.1, 0.15) is 35.5 Å². The molecule has 2 aromatic carbocycles. The van der Waals surface area contributed by atoms with Gasteiger partial charge in [0, 0.05) is 43.5 Å². The Morgan fingerprint density at radius 1 is 1.00 bits per heavy atom. The first kappa shape index (κ1) is 21.4. The lowest BCUT2D eigenvalue weighted by molar-refractivity contribution is 0.163. The van der Waals surface area contributed by atoms with Gasteiger partial charge in [-0.05, 0) is 43.9 Å². The van der Waals surface area contributed by atoms with Crippen LogP contribution >= 0.6 is 0 Å². The zero-order chi connectivity index (χ0) is 21.6. The van der Waals surface area contributed by atoms with Gasteiger partial charge in [-0.2, -0.15) is 0 Å². The molecular weight excluding hydrogens is 386 g/mol. The van der Waals surface area contributed by atoms with Gasteiger partial charge in [-0.15, -0.1) is 0 Å². The van der Waals surface area contributed by atoms with E-state index in [1.807, 2.05) is 18.3 Å². The molecule has 31 heavy (non-hydrogen) atoms. The van der Waals surface area contributed by atoms with E-state index in [0.29, 0.717) is 5.92 Å². The van der Waals surface area contributed by atoms with Crippen molar-refractivity contribution in [3.63, 3.8) is 0 Å². The van der Waals surface area contributed by atoms with Crippen LogP contribution in [0.3, 0.4) is 0 Å². The fourth-order valence-corrected chi connectivity index (χ4v) is 4.69. The van der Waals surface area contributed by atoms with Crippen LogP contribution in [0.25, 0.3) is 0 Å². The van der Waals surface area contributed by atoms with Crippen molar-refractivity contribution in [1.82, 2.24) is 14.5 Å². The first-order valence-electron chi connectivity index (χ1n) is 11.1. The molecule has 0 aliphatic carbocycles. The first-order chi connectivity index (χ1) is 15.2. The Morgan fingerprint density at radius 3 is 2.61 bits per heavy atom. The molecule has 0 N–H and O–H groups in total. The molecule has 1 unspecified atom stereocenters. The Labute approximate surface area is 185 Å². The molecule has 0 radical (unpaired) electrons. The van der Waals surface area contributed by atoms with E-state index in [9.17, 15) is 0 Å². The van der Waals surface area contributed by atoms with E-state index in [1.54, 1.807) is 14.2 Å². The molecule has 0 spiro atoms. The SMILES string of the molecule is COc1cccc(CN2CCCC(Cc3ncc(C)n3Cc3ccccc3)C2)c1OC. The summed E-state index contributed by atoms with van der Waals surface area (Å²) < 4.78 is 13.5. The Balaban J connectivity index is 1.44. The van der Waals surface area contributed by atoms with E-state index >= 15 is 0 Å². The molecule has 1 atom stereocenters. The Kier molecular flexibility index (Phi) is 6.92. The molecule has 4 rings (SSSR count). The summed E-state index contributed by atoms with van der Waals surface area (Å²) in [6, 6.07) is 16.8. The normalized spacial score (nSPS) is 16.9. The summed E-state index contributed by atoms with van der Waals surface area (Å²) in [5.74, 6) is 3.46. The van der Waals surface area contributed by atoms with E-state index < -0.39 is 0 Å². The van der Waals surface area contributed by atoms with Gasteiger partial charge in [0.1, 0.15) is 5.82 Å². The van der Waals surface area contributed by atoms with E-state index in [0.717, 1.165) is 44.1 Å². The lowest BCUT2D eigenvalue weighted by Gasteiger charge is -2.33. The highest BCUT2D eigenvalue weighted by molar-refractivity contribution is 5.46. The van der Waals surface area contributed by atoms with Crippen LogP contribution in [0.4, 0.5) is 0 Å². The highest BCUT2D eigenvalue weighted by atomic mass is 16.5. The van der Waals surface area contributed by atoms with Gasteiger partial charge in [-0.25, -0.2) is 4.98 Å². The minimum Gasteiger partial charge on any atom is -0.493 e. The summed E-state index contributed by atoms with van der Waals surface area (Å²) in [4.78, 5) is 7.32. The van der Waals surface area contributed by atoms with Gasteiger partial charge in [-0.3, -0.25) is 4.90 Å². The molecule has 1 saturated heterocycles. The topological polar surface area (TPSA) is 39.5 Å².